The quantitative estimate of drug-likeness (QED) is 0.877. The first-order valence-electron chi connectivity index (χ1n) is 8.74. The van der Waals surface area contributed by atoms with E-state index in [2.05, 4.69) is 43.0 Å². The zero-order valence-corrected chi connectivity index (χ0v) is 14.9. The summed E-state index contributed by atoms with van der Waals surface area (Å²) in [5.41, 5.74) is 7.36. The van der Waals surface area contributed by atoms with Crippen LogP contribution in [0.2, 0.25) is 0 Å². The van der Waals surface area contributed by atoms with E-state index >= 15 is 0 Å². The molecule has 1 aliphatic rings. The fourth-order valence-electron chi connectivity index (χ4n) is 3.24. The molecule has 1 aliphatic heterocycles. The highest BCUT2D eigenvalue weighted by Gasteiger charge is 2.34. The minimum Gasteiger partial charge on any atom is -0.340 e. The third-order valence-corrected chi connectivity index (χ3v) is 4.82. The van der Waals surface area contributed by atoms with Gasteiger partial charge in [0.2, 0.25) is 5.91 Å². The number of nitrogens with zero attached hydrogens (tertiary/aromatic N) is 2. The zero-order chi connectivity index (χ0) is 17.0. The van der Waals surface area contributed by atoms with Crippen LogP contribution < -0.4 is 5.73 Å². The molecule has 1 aromatic carbocycles. The summed E-state index contributed by atoms with van der Waals surface area (Å²) in [5, 5.41) is 0. The lowest BCUT2D eigenvalue weighted by atomic mass is 10.0. The van der Waals surface area contributed by atoms with E-state index in [0.29, 0.717) is 12.1 Å². The number of hydrogen-bond donors (Lipinski definition) is 1. The highest BCUT2D eigenvalue weighted by atomic mass is 16.2. The standard InChI is InChI=1S/C19H31N3O/c1-14(2)18(20)19(23)21-11-10-17(13-21)22(15(3)4)12-16-8-6-5-7-9-16/h5-9,14-15,17-18H,10-13,20H2,1-4H3/t17-,18-/m0/s1. The fraction of sp³-hybridized carbons (Fsp3) is 0.632. The first-order valence-corrected chi connectivity index (χ1v) is 8.74. The van der Waals surface area contributed by atoms with Crippen LogP contribution in [0.15, 0.2) is 30.3 Å². The Kier molecular flexibility index (Phi) is 6.19. The van der Waals surface area contributed by atoms with E-state index in [1.54, 1.807) is 0 Å². The average Bonchev–Trinajstić information content (AvgIpc) is 3.01. The Morgan fingerprint density at radius 1 is 1.26 bits per heavy atom. The van der Waals surface area contributed by atoms with Gasteiger partial charge in [0.1, 0.15) is 0 Å². The van der Waals surface area contributed by atoms with Crippen molar-refractivity contribution in [2.24, 2.45) is 11.7 Å². The Hall–Kier alpha value is -1.39. The van der Waals surface area contributed by atoms with Gasteiger partial charge in [0.15, 0.2) is 0 Å². The molecule has 0 spiro atoms. The molecule has 0 saturated carbocycles. The minimum absolute atomic E-state index is 0.103. The number of carbonyl (C=O) groups excluding carboxylic acids is 1. The Labute approximate surface area is 140 Å². The van der Waals surface area contributed by atoms with Gasteiger partial charge in [-0.2, -0.15) is 0 Å². The van der Waals surface area contributed by atoms with Gasteiger partial charge in [0.25, 0.3) is 0 Å². The van der Waals surface area contributed by atoms with E-state index in [1.807, 2.05) is 24.8 Å². The van der Waals surface area contributed by atoms with Crippen molar-refractivity contribution in [1.29, 1.82) is 0 Å². The summed E-state index contributed by atoms with van der Waals surface area (Å²) >= 11 is 0. The normalized spacial score (nSPS) is 19.8. The predicted octanol–water partition coefficient (Wildman–Crippen LogP) is 2.48. The van der Waals surface area contributed by atoms with E-state index < -0.39 is 0 Å². The molecule has 2 rings (SSSR count). The van der Waals surface area contributed by atoms with Gasteiger partial charge in [0, 0.05) is 31.7 Å². The molecular formula is C19H31N3O. The average molecular weight is 317 g/mol. The van der Waals surface area contributed by atoms with Crippen molar-refractivity contribution in [1.82, 2.24) is 9.80 Å². The number of hydrogen-bond acceptors (Lipinski definition) is 3. The maximum absolute atomic E-state index is 12.5. The summed E-state index contributed by atoms with van der Waals surface area (Å²) in [7, 11) is 0. The summed E-state index contributed by atoms with van der Waals surface area (Å²) in [6.45, 7) is 11.0. The van der Waals surface area contributed by atoms with Crippen LogP contribution in [-0.4, -0.2) is 46.9 Å². The van der Waals surface area contributed by atoms with E-state index in [4.69, 9.17) is 5.73 Å². The van der Waals surface area contributed by atoms with Gasteiger partial charge in [-0.3, -0.25) is 9.69 Å². The van der Waals surface area contributed by atoms with Crippen molar-refractivity contribution in [3.8, 4) is 0 Å². The van der Waals surface area contributed by atoms with Crippen LogP contribution in [0.4, 0.5) is 0 Å². The third-order valence-electron chi connectivity index (χ3n) is 4.82. The number of likely N-dealkylation sites (tertiary alicyclic amines) is 1. The molecule has 1 fully saturated rings. The molecule has 128 valence electrons. The van der Waals surface area contributed by atoms with Gasteiger partial charge in [-0.05, 0) is 31.7 Å². The maximum Gasteiger partial charge on any atom is 0.239 e. The Bertz CT molecular complexity index is 501. The van der Waals surface area contributed by atoms with Crippen LogP contribution in [0.5, 0.6) is 0 Å². The van der Waals surface area contributed by atoms with Crippen molar-refractivity contribution in [3.63, 3.8) is 0 Å². The van der Waals surface area contributed by atoms with Gasteiger partial charge >= 0.3 is 0 Å². The zero-order valence-electron chi connectivity index (χ0n) is 14.9. The molecule has 4 nitrogen and oxygen atoms in total. The van der Waals surface area contributed by atoms with Crippen LogP contribution >= 0.6 is 0 Å². The second kappa shape index (κ2) is 7.93. The predicted molar refractivity (Wildman–Crippen MR) is 94.9 cm³/mol. The SMILES string of the molecule is CC(C)[C@H](N)C(=O)N1CC[C@H](N(Cc2ccccc2)C(C)C)C1. The van der Waals surface area contributed by atoms with Crippen molar-refractivity contribution in [3.05, 3.63) is 35.9 Å². The monoisotopic (exact) mass is 317 g/mol. The summed E-state index contributed by atoms with van der Waals surface area (Å²) in [4.78, 5) is 16.9. The molecule has 0 aromatic heterocycles. The van der Waals surface area contributed by atoms with E-state index in [0.717, 1.165) is 26.1 Å². The number of benzene rings is 1. The van der Waals surface area contributed by atoms with Gasteiger partial charge in [-0.25, -0.2) is 0 Å². The van der Waals surface area contributed by atoms with Gasteiger partial charge in [-0.15, -0.1) is 0 Å². The summed E-state index contributed by atoms with van der Waals surface area (Å²) in [6.07, 6.45) is 1.03. The summed E-state index contributed by atoms with van der Waals surface area (Å²) in [6, 6.07) is 11.0. The molecule has 4 heteroatoms. The largest absolute Gasteiger partial charge is 0.340 e. The van der Waals surface area contributed by atoms with Crippen molar-refractivity contribution in [2.75, 3.05) is 13.1 Å². The second-order valence-electron chi connectivity index (χ2n) is 7.25. The molecule has 2 N–H and O–H groups in total. The topological polar surface area (TPSA) is 49.6 Å². The van der Waals surface area contributed by atoms with Crippen molar-refractivity contribution in [2.45, 2.75) is 58.8 Å². The first-order chi connectivity index (χ1) is 10.9. The number of nitrogens with two attached hydrogens (primary N) is 1. The smallest absolute Gasteiger partial charge is 0.239 e. The molecule has 1 aromatic rings. The Morgan fingerprint density at radius 3 is 2.48 bits per heavy atom. The van der Waals surface area contributed by atoms with Gasteiger partial charge < -0.3 is 10.6 Å². The Morgan fingerprint density at radius 2 is 1.91 bits per heavy atom. The van der Waals surface area contributed by atoms with E-state index in [1.165, 1.54) is 5.56 Å². The third kappa shape index (κ3) is 4.55. The number of rotatable bonds is 6. The first kappa shape index (κ1) is 18.0. The van der Waals surface area contributed by atoms with E-state index in [9.17, 15) is 4.79 Å². The second-order valence-corrected chi connectivity index (χ2v) is 7.25. The molecule has 0 aliphatic carbocycles. The maximum atomic E-state index is 12.5. The fourth-order valence-corrected chi connectivity index (χ4v) is 3.24. The van der Waals surface area contributed by atoms with Crippen LogP contribution in [0.1, 0.15) is 39.7 Å². The number of carbonyl (C=O) groups is 1. The minimum atomic E-state index is -0.379. The van der Waals surface area contributed by atoms with Crippen LogP contribution in [0, 0.1) is 5.92 Å². The van der Waals surface area contributed by atoms with Crippen LogP contribution in [-0.2, 0) is 11.3 Å². The molecular weight excluding hydrogens is 286 g/mol. The highest BCUT2D eigenvalue weighted by Crippen LogP contribution is 2.21. The van der Waals surface area contributed by atoms with Gasteiger partial charge in [0.05, 0.1) is 6.04 Å². The van der Waals surface area contributed by atoms with Crippen LogP contribution in [0.25, 0.3) is 0 Å². The molecule has 0 unspecified atom stereocenters. The molecule has 2 atom stereocenters. The summed E-state index contributed by atoms with van der Waals surface area (Å²) in [5.74, 6) is 0.290. The molecule has 1 heterocycles. The number of amides is 1. The van der Waals surface area contributed by atoms with Crippen LogP contribution in [0.3, 0.4) is 0 Å². The Balaban J connectivity index is 2.01. The summed E-state index contributed by atoms with van der Waals surface area (Å²) < 4.78 is 0. The lowest BCUT2D eigenvalue weighted by Crippen LogP contribution is -2.47. The lowest BCUT2D eigenvalue weighted by Gasteiger charge is -2.33. The lowest BCUT2D eigenvalue weighted by molar-refractivity contribution is -0.132. The van der Waals surface area contributed by atoms with Crippen molar-refractivity contribution < 1.29 is 4.79 Å². The molecule has 23 heavy (non-hydrogen) atoms. The molecule has 1 amide bonds. The molecule has 0 bridgehead atoms. The molecule has 1 saturated heterocycles. The molecule has 0 radical (unpaired) electrons. The van der Waals surface area contributed by atoms with Gasteiger partial charge in [-0.1, -0.05) is 44.2 Å². The van der Waals surface area contributed by atoms with E-state index in [-0.39, 0.29) is 17.9 Å². The highest BCUT2D eigenvalue weighted by molar-refractivity contribution is 5.82. The van der Waals surface area contributed by atoms with Crippen molar-refractivity contribution >= 4 is 5.91 Å².